The van der Waals surface area contributed by atoms with Crippen molar-refractivity contribution in [3.05, 3.63) is 24.3 Å². The van der Waals surface area contributed by atoms with E-state index >= 15 is 0 Å². The van der Waals surface area contributed by atoms with Crippen LogP contribution >= 0.6 is 0 Å². The van der Waals surface area contributed by atoms with Gasteiger partial charge in [0.05, 0.1) is 5.69 Å². The number of aliphatic imine (C=N–C) groups is 1. The van der Waals surface area contributed by atoms with Crippen LogP contribution in [0.15, 0.2) is 29.3 Å². The highest BCUT2D eigenvalue weighted by molar-refractivity contribution is 5.85. The van der Waals surface area contributed by atoms with E-state index in [4.69, 9.17) is 0 Å². The highest BCUT2D eigenvalue weighted by Crippen LogP contribution is 2.27. The van der Waals surface area contributed by atoms with Gasteiger partial charge in [0, 0.05) is 38.8 Å². The van der Waals surface area contributed by atoms with Crippen LogP contribution in [0.2, 0.25) is 0 Å². The molecule has 1 aromatic carbocycles. The van der Waals surface area contributed by atoms with Crippen molar-refractivity contribution < 1.29 is 9.90 Å². The number of amides is 1. The van der Waals surface area contributed by atoms with Crippen molar-refractivity contribution in [2.75, 3.05) is 44.2 Å². The summed E-state index contributed by atoms with van der Waals surface area (Å²) in [6.07, 6.45) is 5.87. The van der Waals surface area contributed by atoms with Crippen molar-refractivity contribution >= 4 is 17.6 Å². The minimum Gasteiger partial charge on any atom is -0.506 e. The van der Waals surface area contributed by atoms with Gasteiger partial charge in [0.1, 0.15) is 12.3 Å². The second-order valence-corrected chi connectivity index (χ2v) is 7.54. The number of para-hydroxylation sites is 2. The second kappa shape index (κ2) is 10.2. The van der Waals surface area contributed by atoms with Gasteiger partial charge in [0.2, 0.25) is 5.91 Å². The van der Waals surface area contributed by atoms with Gasteiger partial charge in [-0.2, -0.15) is 0 Å². The smallest absolute Gasteiger partial charge is 0.242 e. The number of guanidine groups is 1. The summed E-state index contributed by atoms with van der Waals surface area (Å²) in [5.74, 6) is 1.12. The molecule has 3 N–H and O–H groups in total. The number of benzene rings is 1. The summed E-state index contributed by atoms with van der Waals surface area (Å²) in [5.41, 5.74) is 0.871. The summed E-state index contributed by atoms with van der Waals surface area (Å²) in [4.78, 5) is 21.2. The van der Waals surface area contributed by atoms with Crippen LogP contribution < -0.4 is 15.5 Å². The lowest BCUT2D eigenvalue weighted by atomic mass is 9.95. The molecule has 0 unspecified atom stereocenters. The molecule has 1 saturated heterocycles. The van der Waals surface area contributed by atoms with Gasteiger partial charge in [0.15, 0.2) is 5.96 Å². The molecule has 1 heterocycles. The normalized spacial score (nSPS) is 18.8. The number of hydrogen-bond donors (Lipinski definition) is 3. The van der Waals surface area contributed by atoms with E-state index in [0.717, 1.165) is 57.2 Å². The van der Waals surface area contributed by atoms with Crippen LogP contribution in [0.1, 0.15) is 39.0 Å². The molecule has 7 nitrogen and oxygen atoms in total. The number of carbonyl (C=O) groups excluding carboxylic acids is 1. The van der Waals surface area contributed by atoms with E-state index < -0.39 is 0 Å². The summed E-state index contributed by atoms with van der Waals surface area (Å²) in [6.45, 7) is 6.17. The molecule has 0 radical (unpaired) electrons. The summed E-state index contributed by atoms with van der Waals surface area (Å²) in [7, 11) is 0. The molecule has 3 rings (SSSR count). The third kappa shape index (κ3) is 5.53. The highest BCUT2D eigenvalue weighted by atomic mass is 16.3. The average Bonchev–Trinajstić information content (AvgIpc) is 2.72. The van der Waals surface area contributed by atoms with Gasteiger partial charge in [-0.15, -0.1) is 0 Å². The zero-order chi connectivity index (χ0) is 19.8. The zero-order valence-electron chi connectivity index (χ0n) is 16.9. The van der Waals surface area contributed by atoms with Gasteiger partial charge in [-0.3, -0.25) is 4.79 Å². The Bertz CT molecular complexity index is 665. The van der Waals surface area contributed by atoms with Crippen molar-refractivity contribution in [2.24, 2.45) is 4.99 Å². The van der Waals surface area contributed by atoms with Gasteiger partial charge < -0.3 is 25.5 Å². The van der Waals surface area contributed by atoms with Crippen LogP contribution in [-0.2, 0) is 4.79 Å². The Balaban J connectivity index is 1.53. The molecule has 0 bridgehead atoms. The predicted octanol–water partition coefficient (Wildman–Crippen LogP) is 1.93. The minimum absolute atomic E-state index is 0.00940. The third-order valence-electron chi connectivity index (χ3n) is 5.48. The molecule has 154 valence electrons. The summed E-state index contributed by atoms with van der Waals surface area (Å²) in [5, 5.41) is 16.5. The monoisotopic (exact) mass is 387 g/mol. The fraction of sp³-hybridized carbons (Fsp3) is 0.619. The second-order valence-electron chi connectivity index (χ2n) is 7.54. The molecule has 7 heteroatoms. The van der Waals surface area contributed by atoms with E-state index in [1.54, 1.807) is 6.07 Å². The van der Waals surface area contributed by atoms with E-state index in [0.29, 0.717) is 11.8 Å². The standard InChI is InChI=1S/C21H33N5O2/c1-2-22-21(23-16-20(28)24-17-8-4-3-5-9-17)26-14-12-25(13-15-26)18-10-6-7-11-19(18)27/h6-7,10-11,17,27H,2-5,8-9,12-16H2,1H3,(H,22,23)(H,24,28). The predicted molar refractivity (Wildman–Crippen MR) is 113 cm³/mol. The van der Waals surface area contributed by atoms with Crippen LogP contribution in [0.5, 0.6) is 5.75 Å². The first kappa shape index (κ1) is 20.3. The Labute approximate surface area is 167 Å². The molecule has 1 amide bonds. The zero-order valence-corrected chi connectivity index (χ0v) is 16.9. The van der Waals surface area contributed by atoms with E-state index in [1.165, 1.54) is 19.3 Å². The SMILES string of the molecule is CCNC(=NCC(=O)NC1CCCCC1)N1CCN(c2ccccc2O)CC1. The molecule has 1 aromatic rings. The van der Waals surface area contributed by atoms with E-state index in [9.17, 15) is 9.90 Å². The Morgan fingerprint density at radius 3 is 2.54 bits per heavy atom. The van der Waals surface area contributed by atoms with Crippen molar-refractivity contribution in [1.82, 2.24) is 15.5 Å². The lowest BCUT2D eigenvalue weighted by molar-refractivity contribution is -0.120. The maximum Gasteiger partial charge on any atom is 0.242 e. The van der Waals surface area contributed by atoms with Crippen LogP contribution in [0.4, 0.5) is 5.69 Å². The largest absolute Gasteiger partial charge is 0.506 e. The van der Waals surface area contributed by atoms with Gasteiger partial charge in [-0.25, -0.2) is 4.99 Å². The summed E-state index contributed by atoms with van der Waals surface area (Å²) < 4.78 is 0. The average molecular weight is 388 g/mol. The number of phenolic OH excluding ortho intramolecular Hbond substituents is 1. The molecule has 1 aliphatic carbocycles. The van der Waals surface area contributed by atoms with Crippen molar-refractivity contribution in [2.45, 2.75) is 45.1 Å². The molecule has 2 fully saturated rings. The number of anilines is 1. The lowest BCUT2D eigenvalue weighted by Crippen LogP contribution is -2.53. The third-order valence-corrected chi connectivity index (χ3v) is 5.48. The minimum atomic E-state index is 0.00940. The number of phenols is 1. The topological polar surface area (TPSA) is 80.2 Å². The van der Waals surface area contributed by atoms with Crippen LogP contribution in [0.3, 0.4) is 0 Å². The molecule has 0 spiro atoms. The maximum absolute atomic E-state index is 12.3. The van der Waals surface area contributed by atoms with Crippen LogP contribution in [-0.4, -0.2) is 67.2 Å². The van der Waals surface area contributed by atoms with Gasteiger partial charge in [0.25, 0.3) is 0 Å². The maximum atomic E-state index is 12.3. The summed E-state index contributed by atoms with van der Waals surface area (Å²) >= 11 is 0. The van der Waals surface area contributed by atoms with E-state index in [1.807, 2.05) is 25.1 Å². The molecule has 1 aliphatic heterocycles. The van der Waals surface area contributed by atoms with Crippen molar-refractivity contribution in [3.8, 4) is 5.75 Å². The van der Waals surface area contributed by atoms with E-state index in [2.05, 4.69) is 25.4 Å². The van der Waals surface area contributed by atoms with Crippen molar-refractivity contribution in [1.29, 1.82) is 0 Å². The van der Waals surface area contributed by atoms with E-state index in [-0.39, 0.29) is 12.5 Å². The number of rotatable bonds is 5. The molecular formula is C21H33N5O2. The summed E-state index contributed by atoms with van der Waals surface area (Å²) in [6, 6.07) is 7.76. The Morgan fingerprint density at radius 1 is 1.14 bits per heavy atom. The Hall–Kier alpha value is -2.44. The first-order chi connectivity index (χ1) is 13.7. The van der Waals surface area contributed by atoms with Gasteiger partial charge >= 0.3 is 0 Å². The van der Waals surface area contributed by atoms with Gasteiger partial charge in [-0.05, 0) is 31.9 Å². The fourth-order valence-electron chi connectivity index (χ4n) is 3.98. The first-order valence-corrected chi connectivity index (χ1v) is 10.5. The number of nitrogens with zero attached hydrogens (tertiary/aromatic N) is 3. The lowest BCUT2D eigenvalue weighted by Gasteiger charge is -2.37. The molecule has 1 saturated carbocycles. The number of piperazine rings is 1. The Morgan fingerprint density at radius 2 is 1.86 bits per heavy atom. The van der Waals surface area contributed by atoms with Gasteiger partial charge in [-0.1, -0.05) is 31.4 Å². The number of aromatic hydroxyl groups is 1. The van der Waals surface area contributed by atoms with Crippen molar-refractivity contribution in [3.63, 3.8) is 0 Å². The Kier molecular flexibility index (Phi) is 7.39. The molecular weight excluding hydrogens is 354 g/mol. The quantitative estimate of drug-likeness (QED) is 0.531. The highest BCUT2D eigenvalue weighted by Gasteiger charge is 2.22. The molecule has 0 aromatic heterocycles. The number of hydrogen-bond acceptors (Lipinski definition) is 4. The molecule has 2 aliphatic rings. The van der Waals surface area contributed by atoms with Crippen LogP contribution in [0, 0.1) is 0 Å². The number of nitrogens with one attached hydrogen (secondary N) is 2. The first-order valence-electron chi connectivity index (χ1n) is 10.5. The van der Waals surface area contributed by atoms with Crippen LogP contribution in [0.25, 0.3) is 0 Å². The molecule has 28 heavy (non-hydrogen) atoms. The molecule has 0 atom stereocenters. The fourth-order valence-corrected chi connectivity index (χ4v) is 3.98. The number of carbonyl (C=O) groups is 1.